The van der Waals surface area contributed by atoms with Crippen LogP contribution in [-0.4, -0.2) is 9.38 Å². The molecule has 102 valence electrons. The molecule has 0 saturated carbocycles. The van der Waals surface area contributed by atoms with E-state index in [1.165, 1.54) is 0 Å². The van der Waals surface area contributed by atoms with E-state index >= 15 is 0 Å². The molecule has 0 aliphatic rings. The zero-order valence-corrected chi connectivity index (χ0v) is 11.6. The van der Waals surface area contributed by atoms with Gasteiger partial charge in [-0.05, 0) is 49.2 Å². The van der Waals surface area contributed by atoms with Gasteiger partial charge in [-0.25, -0.2) is 4.98 Å². The van der Waals surface area contributed by atoms with Crippen molar-refractivity contribution in [2.45, 2.75) is 20.5 Å². The summed E-state index contributed by atoms with van der Waals surface area (Å²) in [5.74, 6) is 0.855. The number of aryl methyl sites for hydroxylation is 2. The molecule has 2 N–H and O–H groups in total. The molecule has 0 amide bonds. The van der Waals surface area contributed by atoms with Crippen LogP contribution in [0, 0.1) is 13.8 Å². The number of hydrogen-bond acceptors (Lipinski definition) is 3. The quantitative estimate of drug-likeness (QED) is 0.742. The minimum absolute atomic E-state index is 0.450. The third-order valence-electron chi connectivity index (χ3n) is 3.35. The van der Waals surface area contributed by atoms with Crippen molar-refractivity contribution < 1.29 is 4.74 Å². The van der Waals surface area contributed by atoms with Crippen LogP contribution >= 0.6 is 0 Å². The Bertz CT molecular complexity index is 729. The van der Waals surface area contributed by atoms with E-state index in [0.29, 0.717) is 6.61 Å². The fourth-order valence-corrected chi connectivity index (χ4v) is 2.18. The summed E-state index contributed by atoms with van der Waals surface area (Å²) in [5.41, 5.74) is 10.6. The molecule has 0 aliphatic heterocycles. The number of fused-ring (bicyclic) bond motifs is 1. The van der Waals surface area contributed by atoms with Crippen LogP contribution < -0.4 is 10.5 Å². The largest absolute Gasteiger partial charge is 0.487 e. The van der Waals surface area contributed by atoms with Gasteiger partial charge < -0.3 is 14.9 Å². The molecule has 1 aromatic carbocycles. The van der Waals surface area contributed by atoms with Crippen molar-refractivity contribution in [2.75, 3.05) is 5.73 Å². The second-order valence-corrected chi connectivity index (χ2v) is 4.96. The van der Waals surface area contributed by atoms with Gasteiger partial charge in [0.05, 0.1) is 5.69 Å². The van der Waals surface area contributed by atoms with Crippen LogP contribution in [0.3, 0.4) is 0 Å². The number of hydrogen-bond donors (Lipinski definition) is 1. The van der Waals surface area contributed by atoms with Crippen LogP contribution in [0.15, 0.2) is 42.7 Å². The first-order valence-corrected chi connectivity index (χ1v) is 6.55. The summed E-state index contributed by atoms with van der Waals surface area (Å²) < 4.78 is 7.84. The Kier molecular flexibility index (Phi) is 3.06. The average molecular weight is 267 g/mol. The molecule has 3 rings (SSSR count). The molecule has 2 heterocycles. The van der Waals surface area contributed by atoms with Gasteiger partial charge >= 0.3 is 0 Å². The van der Waals surface area contributed by atoms with Gasteiger partial charge in [-0.15, -0.1) is 0 Å². The van der Waals surface area contributed by atoms with E-state index in [-0.39, 0.29) is 0 Å². The SMILES string of the molecule is Cc1cc(OCc2cn3ccccc3n2)c(C)cc1N. The molecular formula is C16H17N3O. The maximum Gasteiger partial charge on any atom is 0.137 e. The number of nitrogens with two attached hydrogens (primary N) is 1. The first-order valence-electron chi connectivity index (χ1n) is 6.55. The molecule has 0 radical (unpaired) electrons. The molecule has 0 saturated heterocycles. The molecule has 2 aromatic heterocycles. The Labute approximate surface area is 117 Å². The Morgan fingerprint density at radius 3 is 2.85 bits per heavy atom. The Balaban J connectivity index is 1.81. The summed E-state index contributed by atoms with van der Waals surface area (Å²) in [6, 6.07) is 9.84. The number of benzene rings is 1. The lowest BCUT2D eigenvalue weighted by atomic mass is 10.1. The van der Waals surface area contributed by atoms with Crippen LogP contribution in [0.25, 0.3) is 5.65 Å². The summed E-state index contributed by atoms with van der Waals surface area (Å²) in [6.07, 6.45) is 3.96. The molecule has 4 heteroatoms. The summed E-state index contributed by atoms with van der Waals surface area (Å²) in [4.78, 5) is 4.51. The van der Waals surface area contributed by atoms with E-state index in [2.05, 4.69) is 4.98 Å². The highest BCUT2D eigenvalue weighted by Gasteiger charge is 2.06. The number of aromatic nitrogens is 2. The first-order chi connectivity index (χ1) is 9.63. The van der Waals surface area contributed by atoms with Crippen LogP contribution in [0.4, 0.5) is 5.69 Å². The maximum atomic E-state index is 5.88. The number of anilines is 1. The monoisotopic (exact) mass is 267 g/mol. The van der Waals surface area contributed by atoms with Crippen molar-refractivity contribution in [1.82, 2.24) is 9.38 Å². The molecule has 0 spiro atoms. The smallest absolute Gasteiger partial charge is 0.137 e. The van der Waals surface area contributed by atoms with Crippen molar-refractivity contribution in [3.8, 4) is 5.75 Å². The zero-order chi connectivity index (χ0) is 14.1. The summed E-state index contributed by atoms with van der Waals surface area (Å²) in [7, 11) is 0. The van der Waals surface area contributed by atoms with E-state index < -0.39 is 0 Å². The van der Waals surface area contributed by atoms with Crippen LogP contribution in [-0.2, 0) is 6.61 Å². The van der Waals surface area contributed by atoms with Crippen molar-refractivity contribution in [3.63, 3.8) is 0 Å². The lowest BCUT2D eigenvalue weighted by Crippen LogP contribution is -1.99. The molecule has 0 atom stereocenters. The van der Waals surface area contributed by atoms with Gasteiger partial charge in [0.2, 0.25) is 0 Å². The minimum Gasteiger partial charge on any atom is -0.487 e. The Morgan fingerprint density at radius 1 is 1.20 bits per heavy atom. The van der Waals surface area contributed by atoms with Crippen molar-refractivity contribution in [2.24, 2.45) is 0 Å². The average Bonchev–Trinajstić information content (AvgIpc) is 2.84. The Morgan fingerprint density at radius 2 is 2.05 bits per heavy atom. The maximum absolute atomic E-state index is 5.88. The third-order valence-corrected chi connectivity index (χ3v) is 3.35. The molecule has 4 nitrogen and oxygen atoms in total. The van der Waals surface area contributed by atoms with E-state index in [4.69, 9.17) is 10.5 Å². The minimum atomic E-state index is 0.450. The number of rotatable bonds is 3. The Hall–Kier alpha value is -2.49. The van der Waals surface area contributed by atoms with Crippen molar-refractivity contribution in [1.29, 1.82) is 0 Å². The van der Waals surface area contributed by atoms with Gasteiger partial charge in [0.25, 0.3) is 0 Å². The molecule has 0 aliphatic carbocycles. The number of nitrogen functional groups attached to an aromatic ring is 1. The summed E-state index contributed by atoms with van der Waals surface area (Å²) >= 11 is 0. The molecule has 20 heavy (non-hydrogen) atoms. The lowest BCUT2D eigenvalue weighted by Gasteiger charge is -2.10. The second-order valence-electron chi connectivity index (χ2n) is 4.96. The van der Waals surface area contributed by atoms with Crippen LogP contribution in [0.2, 0.25) is 0 Å². The number of imidazole rings is 1. The summed E-state index contributed by atoms with van der Waals surface area (Å²) in [5, 5.41) is 0. The van der Waals surface area contributed by atoms with Gasteiger partial charge in [0.15, 0.2) is 0 Å². The van der Waals surface area contributed by atoms with Gasteiger partial charge in [0.1, 0.15) is 18.0 Å². The molecule has 0 bridgehead atoms. The molecule has 0 unspecified atom stereocenters. The topological polar surface area (TPSA) is 52.5 Å². The highest BCUT2D eigenvalue weighted by Crippen LogP contribution is 2.25. The van der Waals surface area contributed by atoms with E-state index in [1.54, 1.807) is 0 Å². The summed E-state index contributed by atoms with van der Waals surface area (Å²) in [6.45, 7) is 4.42. The second kappa shape index (κ2) is 4.89. The molecular weight excluding hydrogens is 250 g/mol. The normalized spacial score (nSPS) is 10.9. The van der Waals surface area contributed by atoms with Crippen LogP contribution in [0.1, 0.15) is 16.8 Å². The van der Waals surface area contributed by atoms with Crippen molar-refractivity contribution in [3.05, 3.63) is 59.5 Å². The van der Waals surface area contributed by atoms with Gasteiger partial charge in [0, 0.05) is 18.1 Å². The highest BCUT2D eigenvalue weighted by molar-refractivity contribution is 5.53. The van der Waals surface area contributed by atoms with E-state index in [0.717, 1.165) is 33.9 Å². The number of ether oxygens (including phenoxy) is 1. The predicted octanol–water partition coefficient (Wildman–Crippen LogP) is 3.11. The third kappa shape index (κ3) is 2.32. The van der Waals surface area contributed by atoms with E-state index in [9.17, 15) is 0 Å². The molecule has 0 fully saturated rings. The van der Waals surface area contributed by atoms with E-state index in [1.807, 2.05) is 61.0 Å². The lowest BCUT2D eigenvalue weighted by molar-refractivity contribution is 0.300. The van der Waals surface area contributed by atoms with Crippen molar-refractivity contribution >= 4 is 11.3 Å². The van der Waals surface area contributed by atoms with Gasteiger partial charge in [-0.1, -0.05) is 6.07 Å². The van der Waals surface area contributed by atoms with Crippen LogP contribution in [0.5, 0.6) is 5.75 Å². The first kappa shape index (κ1) is 12.5. The predicted molar refractivity (Wildman–Crippen MR) is 79.9 cm³/mol. The van der Waals surface area contributed by atoms with Gasteiger partial charge in [-0.2, -0.15) is 0 Å². The zero-order valence-electron chi connectivity index (χ0n) is 11.6. The molecule has 3 aromatic rings. The standard InChI is InChI=1S/C16H17N3O/c1-11-8-15(12(2)7-14(11)17)20-10-13-9-19-6-4-3-5-16(19)18-13/h3-9H,10,17H2,1-2H3. The van der Waals surface area contributed by atoms with Gasteiger partial charge in [-0.3, -0.25) is 0 Å². The number of nitrogens with zero attached hydrogens (tertiary/aromatic N) is 2. The fraction of sp³-hybridized carbons (Fsp3) is 0.188. The number of pyridine rings is 1. The highest BCUT2D eigenvalue weighted by atomic mass is 16.5. The fourth-order valence-electron chi connectivity index (χ4n) is 2.18.